The fourth-order valence-corrected chi connectivity index (χ4v) is 2.17. The molecule has 0 saturated heterocycles. The number of hydrogen-bond acceptors (Lipinski definition) is 1. The van der Waals surface area contributed by atoms with Gasteiger partial charge in [-0.1, -0.05) is 38.1 Å². The topological polar surface area (TPSA) is 37.3 Å². The van der Waals surface area contributed by atoms with Crippen LogP contribution in [-0.2, 0) is 11.2 Å². The normalized spacial score (nSPS) is 17.1. The zero-order valence-corrected chi connectivity index (χ0v) is 10.6. The van der Waals surface area contributed by atoms with Crippen molar-refractivity contribution in [2.45, 2.75) is 45.4 Å². The lowest BCUT2D eigenvalue weighted by molar-refractivity contribution is -0.143. The van der Waals surface area contributed by atoms with Crippen molar-refractivity contribution in [2.24, 2.45) is 5.41 Å². The van der Waals surface area contributed by atoms with Crippen LogP contribution >= 0.6 is 0 Å². The molecule has 2 rings (SSSR count). The van der Waals surface area contributed by atoms with Gasteiger partial charge in [-0.15, -0.1) is 0 Å². The molecule has 0 atom stereocenters. The zero-order valence-electron chi connectivity index (χ0n) is 10.6. The molecule has 0 spiro atoms. The number of aliphatic carboxylic acids is 1. The van der Waals surface area contributed by atoms with Crippen LogP contribution < -0.4 is 0 Å². The summed E-state index contributed by atoms with van der Waals surface area (Å²) in [5, 5.41) is 9.10. The molecular weight excluding hydrogens is 212 g/mol. The molecule has 0 aromatic heterocycles. The number of carbonyl (C=O) groups is 1. The van der Waals surface area contributed by atoms with Crippen LogP contribution in [0.4, 0.5) is 0 Å². The Bertz CT molecular complexity index is 399. The number of carboxylic acids is 1. The van der Waals surface area contributed by atoms with Gasteiger partial charge in [0.15, 0.2) is 0 Å². The minimum atomic E-state index is -0.615. The second-order valence-corrected chi connectivity index (χ2v) is 5.48. The molecule has 0 amide bonds. The molecule has 92 valence electrons. The molecule has 2 nitrogen and oxygen atoms in total. The lowest BCUT2D eigenvalue weighted by atomic mass is 9.95. The van der Waals surface area contributed by atoms with Crippen LogP contribution in [0.2, 0.25) is 0 Å². The van der Waals surface area contributed by atoms with Gasteiger partial charge in [-0.3, -0.25) is 4.79 Å². The van der Waals surface area contributed by atoms with E-state index in [1.165, 1.54) is 11.1 Å². The van der Waals surface area contributed by atoms with Crippen LogP contribution in [0, 0.1) is 5.41 Å². The molecule has 2 heteroatoms. The van der Waals surface area contributed by atoms with E-state index in [0.29, 0.717) is 5.92 Å². The Morgan fingerprint density at radius 2 is 1.88 bits per heavy atom. The maximum Gasteiger partial charge on any atom is 0.309 e. The van der Waals surface area contributed by atoms with Crippen molar-refractivity contribution in [2.75, 3.05) is 0 Å². The summed E-state index contributed by atoms with van der Waals surface area (Å²) in [6.07, 6.45) is 3.37. The van der Waals surface area contributed by atoms with E-state index in [4.69, 9.17) is 5.11 Å². The van der Waals surface area contributed by atoms with Crippen LogP contribution in [0.3, 0.4) is 0 Å². The molecule has 1 fully saturated rings. The molecule has 1 aliphatic carbocycles. The highest BCUT2D eigenvalue weighted by Gasteiger charge is 2.49. The van der Waals surface area contributed by atoms with Crippen LogP contribution in [0.5, 0.6) is 0 Å². The first-order chi connectivity index (χ1) is 8.03. The molecule has 1 aromatic carbocycles. The average Bonchev–Trinajstić information content (AvgIpc) is 3.08. The summed E-state index contributed by atoms with van der Waals surface area (Å²) in [6, 6.07) is 8.57. The molecule has 0 aliphatic heterocycles. The average molecular weight is 232 g/mol. The van der Waals surface area contributed by atoms with Crippen molar-refractivity contribution >= 4 is 5.97 Å². The van der Waals surface area contributed by atoms with Crippen molar-refractivity contribution in [1.29, 1.82) is 0 Å². The third-order valence-corrected chi connectivity index (χ3v) is 3.85. The van der Waals surface area contributed by atoms with E-state index in [0.717, 1.165) is 25.7 Å². The second kappa shape index (κ2) is 4.52. The summed E-state index contributed by atoms with van der Waals surface area (Å²) in [5.74, 6) is -0.0610. The van der Waals surface area contributed by atoms with Gasteiger partial charge in [0, 0.05) is 0 Å². The highest BCUT2D eigenvalue weighted by molar-refractivity contribution is 5.77. The Kier molecular flexibility index (Phi) is 3.23. The Hall–Kier alpha value is -1.31. The number of rotatable bonds is 5. The molecule has 0 bridgehead atoms. The summed E-state index contributed by atoms with van der Waals surface area (Å²) in [6.45, 7) is 4.36. The molecular formula is C15H20O2. The molecule has 1 saturated carbocycles. The van der Waals surface area contributed by atoms with Crippen LogP contribution in [-0.4, -0.2) is 11.1 Å². The van der Waals surface area contributed by atoms with E-state index >= 15 is 0 Å². The lowest BCUT2D eigenvalue weighted by Crippen LogP contribution is -2.15. The lowest BCUT2D eigenvalue weighted by Gasteiger charge is -2.10. The largest absolute Gasteiger partial charge is 0.481 e. The first kappa shape index (κ1) is 12.2. The van der Waals surface area contributed by atoms with Crippen molar-refractivity contribution in [3.63, 3.8) is 0 Å². The summed E-state index contributed by atoms with van der Waals surface area (Å²) in [7, 11) is 0. The summed E-state index contributed by atoms with van der Waals surface area (Å²) >= 11 is 0. The fraction of sp³-hybridized carbons (Fsp3) is 0.533. The third kappa shape index (κ3) is 2.68. The van der Waals surface area contributed by atoms with Crippen LogP contribution in [0.15, 0.2) is 24.3 Å². The molecule has 0 radical (unpaired) electrons. The number of hydrogen-bond donors (Lipinski definition) is 1. The summed E-state index contributed by atoms with van der Waals surface area (Å²) < 4.78 is 0. The predicted molar refractivity (Wildman–Crippen MR) is 68.2 cm³/mol. The SMILES string of the molecule is CC(C)c1ccc(CCC2(C(=O)O)CC2)cc1. The number of carboxylic acid groups (broad SMARTS) is 1. The molecule has 1 aromatic rings. The minimum absolute atomic E-state index is 0.392. The van der Waals surface area contributed by atoms with Crippen LogP contribution in [0.25, 0.3) is 0 Å². The van der Waals surface area contributed by atoms with E-state index in [2.05, 4.69) is 38.1 Å². The standard InChI is InChI=1S/C15H20O2/c1-11(2)13-5-3-12(4-6-13)7-8-15(9-10-15)14(16)17/h3-6,11H,7-10H2,1-2H3,(H,16,17). The van der Waals surface area contributed by atoms with Crippen molar-refractivity contribution < 1.29 is 9.90 Å². The van der Waals surface area contributed by atoms with Gasteiger partial charge < -0.3 is 5.11 Å². The maximum absolute atomic E-state index is 11.0. The Morgan fingerprint density at radius 3 is 2.29 bits per heavy atom. The van der Waals surface area contributed by atoms with Crippen LogP contribution in [0.1, 0.15) is 50.2 Å². The minimum Gasteiger partial charge on any atom is -0.481 e. The zero-order chi connectivity index (χ0) is 12.5. The highest BCUT2D eigenvalue weighted by Crippen LogP contribution is 2.49. The summed E-state index contributed by atoms with van der Waals surface area (Å²) in [4.78, 5) is 11.0. The van der Waals surface area contributed by atoms with Gasteiger partial charge in [-0.05, 0) is 42.7 Å². The van der Waals surface area contributed by atoms with Gasteiger partial charge in [0.1, 0.15) is 0 Å². The maximum atomic E-state index is 11.0. The number of aryl methyl sites for hydroxylation is 1. The first-order valence-corrected chi connectivity index (χ1v) is 6.36. The highest BCUT2D eigenvalue weighted by atomic mass is 16.4. The van der Waals surface area contributed by atoms with Gasteiger partial charge in [0.05, 0.1) is 5.41 Å². The Balaban J connectivity index is 1.94. The molecule has 17 heavy (non-hydrogen) atoms. The van der Waals surface area contributed by atoms with Crippen molar-refractivity contribution in [3.05, 3.63) is 35.4 Å². The predicted octanol–water partition coefficient (Wildman–Crippen LogP) is 3.61. The van der Waals surface area contributed by atoms with Gasteiger partial charge >= 0.3 is 5.97 Å². The van der Waals surface area contributed by atoms with Gasteiger partial charge in [-0.25, -0.2) is 0 Å². The van der Waals surface area contributed by atoms with E-state index < -0.39 is 11.4 Å². The number of benzene rings is 1. The van der Waals surface area contributed by atoms with Gasteiger partial charge in [0.25, 0.3) is 0 Å². The molecule has 0 unspecified atom stereocenters. The third-order valence-electron chi connectivity index (χ3n) is 3.85. The Morgan fingerprint density at radius 1 is 1.29 bits per heavy atom. The van der Waals surface area contributed by atoms with E-state index in [1.807, 2.05) is 0 Å². The second-order valence-electron chi connectivity index (χ2n) is 5.48. The van der Waals surface area contributed by atoms with Crippen molar-refractivity contribution in [3.8, 4) is 0 Å². The molecule has 0 heterocycles. The van der Waals surface area contributed by atoms with E-state index in [1.54, 1.807) is 0 Å². The van der Waals surface area contributed by atoms with Gasteiger partial charge in [0.2, 0.25) is 0 Å². The van der Waals surface area contributed by atoms with E-state index in [9.17, 15) is 4.79 Å². The first-order valence-electron chi connectivity index (χ1n) is 6.36. The quantitative estimate of drug-likeness (QED) is 0.842. The van der Waals surface area contributed by atoms with E-state index in [-0.39, 0.29) is 0 Å². The smallest absolute Gasteiger partial charge is 0.309 e. The van der Waals surface area contributed by atoms with Crippen molar-refractivity contribution in [1.82, 2.24) is 0 Å². The molecule has 1 aliphatic rings. The van der Waals surface area contributed by atoms with Gasteiger partial charge in [-0.2, -0.15) is 0 Å². The Labute approximate surface area is 103 Å². The summed E-state index contributed by atoms with van der Waals surface area (Å²) in [5.41, 5.74) is 2.20. The fourth-order valence-electron chi connectivity index (χ4n) is 2.17. The monoisotopic (exact) mass is 232 g/mol. The molecule has 1 N–H and O–H groups in total.